The average Bonchev–Trinajstić information content (AvgIpc) is 3.07. The van der Waals surface area contributed by atoms with Gasteiger partial charge in [0.05, 0.1) is 34.4 Å². The number of hydrogen-bond acceptors (Lipinski definition) is 8. The van der Waals surface area contributed by atoms with Crippen molar-refractivity contribution >= 4 is 69.8 Å². The Kier molecular flexibility index (Phi) is 9.02. The number of esters is 1. The third kappa shape index (κ3) is 6.68. The number of amides is 3. The molecule has 3 rings (SSSR count). The number of carbonyl (C=O) groups excluding carboxylic acids is 4. The fourth-order valence-electron chi connectivity index (χ4n) is 2.97. The molecule has 0 spiro atoms. The fraction of sp³-hybridized carbons (Fsp3) is 0.217. The van der Waals surface area contributed by atoms with E-state index in [-0.39, 0.29) is 34.6 Å². The Bertz CT molecular complexity index is 1200. The lowest BCUT2D eigenvalue weighted by Gasteiger charge is -2.14. The molecule has 0 radical (unpaired) electrons. The summed E-state index contributed by atoms with van der Waals surface area (Å²) in [5, 5.41) is 2.55. The lowest BCUT2D eigenvalue weighted by Crippen LogP contribution is -2.34. The molecule has 1 aliphatic heterocycles. The Morgan fingerprint density at radius 2 is 1.89 bits per heavy atom. The molecule has 1 aliphatic rings. The number of anilines is 1. The smallest absolute Gasteiger partial charge is 0.326 e. The van der Waals surface area contributed by atoms with Crippen LogP contribution in [0, 0.1) is 0 Å². The van der Waals surface area contributed by atoms with Gasteiger partial charge in [-0.1, -0.05) is 35.3 Å². The number of imide groups is 1. The minimum Gasteiger partial charge on any atom is -0.493 e. The van der Waals surface area contributed by atoms with E-state index in [1.54, 1.807) is 31.2 Å². The van der Waals surface area contributed by atoms with Crippen molar-refractivity contribution in [2.75, 3.05) is 32.2 Å². The van der Waals surface area contributed by atoms with Crippen LogP contribution < -0.4 is 14.8 Å². The van der Waals surface area contributed by atoms with Gasteiger partial charge >= 0.3 is 5.97 Å². The number of halogens is 2. The normalized spacial score (nSPS) is 14.3. The van der Waals surface area contributed by atoms with E-state index in [1.807, 2.05) is 0 Å². The van der Waals surface area contributed by atoms with Gasteiger partial charge in [0.1, 0.15) is 6.54 Å². The zero-order chi connectivity index (χ0) is 25.5. The number of para-hydroxylation sites is 1. The number of nitrogens with one attached hydrogen (secondary N) is 1. The number of ether oxygens (including phenoxy) is 3. The molecule has 0 bridgehead atoms. The highest BCUT2D eigenvalue weighted by molar-refractivity contribution is 8.18. The fourth-order valence-corrected chi connectivity index (χ4v) is 4.27. The lowest BCUT2D eigenvalue weighted by molar-refractivity contribution is -0.146. The molecule has 0 saturated carbocycles. The topological polar surface area (TPSA) is 111 Å². The van der Waals surface area contributed by atoms with E-state index in [9.17, 15) is 19.2 Å². The Balaban J connectivity index is 1.72. The van der Waals surface area contributed by atoms with Crippen LogP contribution in [0.1, 0.15) is 12.5 Å². The van der Waals surface area contributed by atoms with Gasteiger partial charge in [-0.05, 0) is 54.6 Å². The van der Waals surface area contributed by atoms with Crippen molar-refractivity contribution < 1.29 is 33.4 Å². The first kappa shape index (κ1) is 26.4. The third-order valence-corrected chi connectivity index (χ3v) is 6.03. The minimum atomic E-state index is -0.680. The summed E-state index contributed by atoms with van der Waals surface area (Å²) in [5.74, 6) is -1.44. The van der Waals surface area contributed by atoms with E-state index in [0.717, 1.165) is 4.90 Å². The van der Waals surface area contributed by atoms with E-state index >= 15 is 0 Å². The highest BCUT2D eigenvalue weighted by atomic mass is 35.5. The molecule has 1 N–H and O–H groups in total. The number of nitrogens with zero attached hydrogens (tertiary/aromatic N) is 1. The summed E-state index contributed by atoms with van der Waals surface area (Å²) in [5.41, 5.74) is 0.884. The van der Waals surface area contributed by atoms with Crippen molar-refractivity contribution in [3.63, 3.8) is 0 Å². The van der Waals surface area contributed by atoms with Crippen LogP contribution in [0.5, 0.6) is 11.5 Å². The predicted molar refractivity (Wildman–Crippen MR) is 133 cm³/mol. The standard InChI is InChI=1S/C23H20Cl2N2O7S/c1-3-33-20(29)11-27-22(30)18(35-23(27)31)10-13-8-15(25)21(17(9-13)32-2)34-12-19(28)26-16-7-5-4-6-14(16)24/h4-10H,3,11-12H2,1-2H3,(H,26,28)/b18-10-. The number of methoxy groups -OCH3 is 1. The van der Waals surface area contributed by atoms with Gasteiger partial charge in [-0.15, -0.1) is 0 Å². The first-order chi connectivity index (χ1) is 16.7. The molecule has 12 heteroatoms. The monoisotopic (exact) mass is 538 g/mol. The molecule has 9 nitrogen and oxygen atoms in total. The molecule has 35 heavy (non-hydrogen) atoms. The van der Waals surface area contributed by atoms with Crippen molar-refractivity contribution in [2.45, 2.75) is 6.92 Å². The first-order valence-electron chi connectivity index (χ1n) is 10.2. The second kappa shape index (κ2) is 12.0. The van der Waals surface area contributed by atoms with Gasteiger partial charge in [-0.25, -0.2) is 0 Å². The summed E-state index contributed by atoms with van der Waals surface area (Å²) in [6, 6.07) is 9.78. The third-order valence-electron chi connectivity index (χ3n) is 4.51. The van der Waals surface area contributed by atoms with Crippen LogP contribution in [-0.4, -0.2) is 54.8 Å². The molecule has 1 fully saturated rings. The molecule has 0 aliphatic carbocycles. The summed E-state index contributed by atoms with van der Waals surface area (Å²) in [4.78, 5) is 49.6. The zero-order valence-corrected chi connectivity index (χ0v) is 21.0. The van der Waals surface area contributed by atoms with E-state index < -0.39 is 29.6 Å². The van der Waals surface area contributed by atoms with Gasteiger partial charge in [0, 0.05) is 0 Å². The van der Waals surface area contributed by atoms with Crippen LogP contribution in [0.2, 0.25) is 10.0 Å². The van der Waals surface area contributed by atoms with Crippen LogP contribution >= 0.6 is 35.0 Å². The largest absolute Gasteiger partial charge is 0.493 e. The van der Waals surface area contributed by atoms with Gasteiger partial charge in [0.25, 0.3) is 17.1 Å². The second-order valence-electron chi connectivity index (χ2n) is 6.92. The molecular formula is C23H20Cl2N2O7S. The quantitative estimate of drug-likeness (QED) is 0.363. The van der Waals surface area contributed by atoms with E-state index in [4.69, 9.17) is 37.4 Å². The highest BCUT2D eigenvalue weighted by Crippen LogP contribution is 2.39. The maximum atomic E-state index is 12.6. The Labute approximate surface area is 215 Å². The zero-order valence-electron chi connectivity index (χ0n) is 18.6. The number of rotatable bonds is 9. The molecule has 0 atom stereocenters. The molecule has 1 saturated heterocycles. The van der Waals surface area contributed by atoms with Gasteiger partial charge in [0.2, 0.25) is 0 Å². The molecule has 2 aromatic rings. The van der Waals surface area contributed by atoms with E-state index in [0.29, 0.717) is 28.0 Å². The molecule has 1 heterocycles. The van der Waals surface area contributed by atoms with Gasteiger partial charge in [0.15, 0.2) is 18.1 Å². The number of hydrogen-bond donors (Lipinski definition) is 1. The minimum absolute atomic E-state index is 0.102. The van der Waals surface area contributed by atoms with Crippen molar-refractivity contribution in [3.8, 4) is 11.5 Å². The highest BCUT2D eigenvalue weighted by Gasteiger charge is 2.36. The van der Waals surface area contributed by atoms with E-state index in [2.05, 4.69) is 5.32 Å². The Morgan fingerprint density at radius 1 is 1.14 bits per heavy atom. The Morgan fingerprint density at radius 3 is 2.57 bits per heavy atom. The molecule has 2 aromatic carbocycles. The van der Waals surface area contributed by atoms with Crippen molar-refractivity contribution in [3.05, 3.63) is 56.9 Å². The van der Waals surface area contributed by atoms with Crippen molar-refractivity contribution in [1.29, 1.82) is 0 Å². The van der Waals surface area contributed by atoms with E-state index in [1.165, 1.54) is 25.3 Å². The van der Waals surface area contributed by atoms with Crippen LogP contribution in [0.4, 0.5) is 10.5 Å². The van der Waals surface area contributed by atoms with Crippen molar-refractivity contribution in [1.82, 2.24) is 4.90 Å². The van der Waals surface area contributed by atoms with Gasteiger partial charge in [-0.2, -0.15) is 0 Å². The summed E-state index contributed by atoms with van der Waals surface area (Å²) in [7, 11) is 1.39. The van der Waals surface area contributed by atoms with Crippen LogP contribution in [-0.2, 0) is 19.1 Å². The number of thioether (sulfide) groups is 1. The molecule has 0 unspecified atom stereocenters. The number of carbonyl (C=O) groups is 4. The van der Waals surface area contributed by atoms with Crippen LogP contribution in [0.3, 0.4) is 0 Å². The lowest BCUT2D eigenvalue weighted by atomic mass is 10.1. The summed E-state index contributed by atoms with van der Waals surface area (Å²) >= 11 is 13.1. The second-order valence-corrected chi connectivity index (χ2v) is 8.73. The van der Waals surface area contributed by atoms with Gasteiger partial charge < -0.3 is 19.5 Å². The van der Waals surface area contributed by atoms with Crippen molar-refractivity contribution in [2.24, 2.45) is 0 Å². The number of benzene rings is 2. The maximum Gasteiger partial charge on any atom is 0.326 e. The predicted octanol–water partition coefficient (Wildman–Crippen LogP) is 4.62. The SMILES string of the molecule is CCOC(=O)CN1C(=O)S/C(=C\c2cc(Cl)c(OCC(=O)Nc3ccccc3Cl)c(OC)c2)C1=O. The average molecular weight is 539 g/mol. The first-order valence-corrected chi connectivity index (χ1v) is 11.8. The molecule has 0 aromatic heterocycles. The summed E-state index contributed by atoms with van der Waals surface area (Å²) in [6.07, 6.45) is 1.44. The van der Waals surface area contributed by atoms with Gasteiger partial charge in [-0.3, -0.25) is 24.1 Å². The van der Waals surface area contributed by atoms with Crippen LogP contribution in [0.15, 0.2) is 41.3 Å². The molecule has 3 amide bonds. The maximum absolute atomic E-state index is 12.6. The molecule has 184 valence electrons. The molecular weight excluding hydrogens is 519 g/mol. The Hall–Kier alpha value is -3.21. The van der Waals surface area contributed by atoms with Crippen LogP contribution in [0.25, 0.3) is 6.08 Å². The summed E-state index contributed by atoms with van der Waals surface area (Å²) < 4.78 is 15.7. The summed E-state index contributed by atoms with van der Waals surface area (Å²) in [6.45, 7) is 0.928.